The normalized spacial score (nSPS) is 11.6. The van der Waals surface area contributed by atoms with Gasteiger partial charge in [-0.3, -0.25) is 0 Å². The zero-order valence-corrected chi connectivity index (χ0v) is 11.9. The van der Waals surface area contributed by atoms with Crippen LogP contribution in [0.25, 0.3) is 0 Å². The molecule has 2 nitrogen and oxygen atoms in total. The fourth-order valence-electron chi connectivity index (χ4n) is 1.68. The molecule has 1 aromatic carbocycles. The molecule has 0 fully saturated rings. The molecule has 2 heteroatoms. The molecule has 0 heterocycles. The van der Waals surface area contributed by atoms with Crippen LogP contribution in [0.3, 0.4) is 0 Å². The summed E-state index contributed by atoms with van der Waals surface area (Å²) < 4.78 is 0. The van der Waals surface area contributed by atoms with Crippen molar-refractivity contribution in [1.29, 1.82) is 0 Å². The number of anilines is 1. The zero-order chi connectivity index (χ0) is 12.9. The second-order valence-corrected chi connectivity index (χ2v) is 5.42. The molecule has 0 atom stereocenters. The first-order valence-electron chi connectivity index (χ1n) is 6.47. The van der Waals surface area contributed by atoms with Gasteiger partial charge in [0.25, 0.3) is 0 Å². The van der Waals surface area contributed by atoms with Crippen molar-refractivity contribution >= 4 is 5.69 Å². The fourth-order valence-corrected chi connectivity index (χ4v) is 1.68. The van der Waals surface area contributed by atoms with Gasteiger partial charge in [-0.1, -0.05) is 19.1 Å². The van der Waals surface area contributed by atoms with E-state index in [1.807, 2.05) is 0 Å². The van der Waals surface area contributed by atoms with Crippen LogP contribution < -0.4 is 10.2 Å². The Morgan fingerprint density at radius 2 is 2.00 bits per heavy atom. The van der Waals surface area contributed by atoms with E-state index >= 15 is 0 Å². The Morgan fingerprint density at radius 1 is 1.29 bits per heavy atom. The molecular formula is C15H26N2. The number of benzene rings is 1. The molecule has 1 aromatic rings. The summed E-state index contributed by atoms with van der Waals surface area (Å²) in [4.78, 5) is 2.30. The summed E-state index contributed by atoms with van der Waals surface area (Å²) in [6, 6.07) is 8.64. The van der Waals surface area contributed by atoms with Crippen molar-refractivity contribution in [2.75, 3.05) is 25.0 Å². The quantitative estimate of drug-likeness (QED) is 0.813. The maximum atomic E-state index is 3.58. The highest BCUT2D eigenvalue weighted by Crippen LogP contribution is 2.13. The van der Waals surface area contributed by atoms with E-state index in [9.17, 15) is 0 Å². The van der Waals surface area contributed by atoms with Crippen LogP contribution in [0.1, 0.15) is 32.8 Å². The van der Waals surface area contributed by atoms with Crippen LogP contribution in [0.15, 0.2) is 24.3 Å². The Morgan fingerprint density at radius 3 is 2.59 bits per heavy atom. The molecular weight excluding hydrogens is 208 g/mol. The molecule has 0 radical (unpaired) electrons. The van der Waals surface area contributed by atoms with Gasteiger partial charge in [-0.2, -0.15) is 0 Å². The van der Waals surface area contributed by atoms with E-state index in [1.54, 1.807) is 0 Å². The molecule has 1 rings (SSSR count). The Balaban J connectivity index is 2.42. The van der Waals surface area contributed by atoms with Crippen molar-refractivity contribution < 1.29 is 0 Å². The number of hydrogen-bond acceptors (Lipinski definition) is 2. The third kappa shape index (κ3) is 4.78. The highest BCUT2D eigenvalue weighted by Gasteiger charge is 2.13. The Labute approximate surface area is 106 Å². The number of nitrogens with zero attached hydrogens (tertiary/aromatic N) is 1. The summed E-state index contributed by atoms with van der Waals surface area (Å²) in [6.07, 6.45) is 1.15. The van der Waals surface area contributed by atoms with E-state index in [4.69, 9.17) is 0 Å². The second-order valence-electron chi connectivity index (χ2n) is 5.42. The van der Waals surface area contributed by atoms with Gasteiger partial charge in [0.05, 0.1) is 0 Å². The first-order valence-corrected chi connectivity index (χ1v) is 6.47. The SMILES string of the molecule is CCC(C)(C)NCCN(C)c1cccc(C)c1. The van der Waals surface area contributed by atoms with E-state index in [-0.39, 0.29) is 5.54 Å². The van der Waals surface area contributed by atoms with Gasteiger partial charge < -0.3 is 10.2 Å². The summed E-state index contributed by atoms with van der Waals surface area (Å²) in [6.45, 7) is 10.9. The van der Waals surface area contributed by atoms with E-state index in [2.05, 4.69) is 69.2 Å². The molecule has 0 aromatic heterocycles. The van der Waals surface area contributed by atoms with E-state index in [0.717, 1.165) is 19.5 Å². The van der Waals surface area contributed by atoms with Crippen LogP contribution in [0.5, 0.6) is 0 Å². The minimum Gasteiger partial charge on any atom is -0.373 e. The lowest BCUT2D eigenvalue weighted by Crippen LogP contribution is -2.42. The first kappa shape index (κ1) is 14.0. The van der Waals surface area contributed by atoms with Crippen LogP contribution in [0, 0.1) is 6.92 Å². The molecule has 17 heavy (non-hydrogen) atoms. The van der Waals surface area contributed by atoms with Gasteiger partial charge in [0.2, 0.25) is 0 Å². The third-order valence-electron chi connectivity index (χ3n) is 3.38. The topological polar surface area (TPSA) is 15.3 Å². The molecule has 96 valence electrons. The maximum absolute atomic E-state index is 3.58. The standard InChI is InChI=1S/C15H26N2/c1-6-15(3,4)16-10-11-17(5)14-9-7-8-13(2)12-14/h7-9,12,16H,6,10-11H2,1-5H3. The lowest BCUT2D eigenvalue weighted by atomic mass is 10.0. The van der Waals surface area contributed by atoms with E-state index in [1.165, 1.54) is 11.3 Å². The van der Waals surface area contributed by atoms with Gasteiger partial charge in [-0.15, -0.1) is 0 Å². The largest absolute Gasteiger partial charge is 0.373 e. The van der Waals surface area contributed by atoms with Crippen molar-refractivity contribution in [1.82, 2.24) is 5.32 Å². The van der Waals surface area contributed by atoms with Crippen molar-refractivity contribution in [3.63, 3.8) is 0 Å². The predicted octanol–water partition coefficient (Wildman–Crippen LogP) is 3.21. The summed E-state index contributed by atoms with van der Waals surface area (Å²) in [5.74, 6) is 0. The monoisotopic (exact) mass is 234 g/mol. The number of aryl methyl sites for hydroxylation is 1. The van der Waals surface area contributed by atoms with E-state index in [0.29, 0.717) is 0 Å². The van der Waals surface area contributed by atoms with Crippen molar-refractivity contribution in [2.24, 2.45) is 0 Å². The van der Waals surface area contributed by atoms with Crippen LogP contribution in [-0.4, -0.2) is 25.7 Å². The second kappa shape index (κ2) is 6.06. The van der Waals surface area contributed by atoms with Crippen LogP contribution in [0.4, 0.5) is 5.69 Å². The average molecular weight is 234 g/mol. The smallest absolute Gasteiger partial charge is 0.0366 e. The lowest BCUT2D eigenvalue weighted by molar-refractivity contribution is 0.381. The number of likely N-dealkylation sites (N-methyl/N-ethyl adjacent to an activating group) is 1. The molecule has 0 saturated carbocycles. The first-order chi connectivity index (χ1) is 7.94. The van der Waals surface area contributed by atoms with Gasteiger partial charge in [0.1, 0.15) is 0 Å². The van der Waals surface area contributed by atoms with Crippen molar-refractivity contribution in [3.05, 3.63) is 29.8 Å². The molecule has 0 aliphatic heterocycles. The van der Waals surface area contributed by atoms with Crippen molar-refractivity contribution in [3.8, 4) is 0 Å². The van der Waals surface area contributed by atoms with E-state index < -0.39 is 0 Å². The summed E-state index contributed by atoms with van der Waals surface area (Å²) in [7, 11) is 2.15. The number of hydrogen-bond donors (Lipinski definition) is 1. The highest BCUT2D eigenvalue weighted by atomic mass is 15.1. The van der Waals surface area contributed by atoms with Gasteiger partial charge in [0.15, 0.2) is 0 Å². The van der Waals surface area contributed by atoms with Crippen LogP contribution in [0.2, 0.25) is 0 Å². The maximum Gasteiger partial charge on any atom is 0.0366 e. The highest BCUT2D eigenvalue weighted by molar-refractivity contribution is 5.47. The van der Waals surface area contributed by atoms with Gasteiger partial charge in [-0.25, -0.2) is 0 Å². The molecule has 0 aliphatic carbocycles. The molecule has 1 N–H and O–H groups in total. The lowest BCUT2D eigenvalue weighted by Gasteiger charge is -2.27. The van der Waals surface area contributed by atoms with Gasteiger partial charge in [0, 0.05) is 31.4 Å². The Hall–Kier alpha value is -1.02. The number of nitrogens with one attached hydrogen (secondary N) is 1. The average Bonchev–Trinajstić information content (AvgIpc) is 2.28. The zero-order valence-electron chi connectivity index (χ0n) is 11.9. The summed E-state index contributed by atoms with van der Waals surface area (Å²) in [5, 5.41) is 3.58. The molecule has 0 amide bonds. The summed E-state index contributed by atoms with van der Waals surface area (Å²) >= 11 is 0. The van der Waals surface area contributed by atoms with Crippen LogP contribution >= 0.6 is 0 Å². The van der Waals surface area contributed by atoms with Gasteiger partial charge >= 0.3 is 0 Å². The van der Waals surface area contributed by atoms with Crippen LogP contribution in [-0.2, 0) is 0 Å². The Bertz CT molecular complexity index is 345. The molecule has 0 saturated heterocycles. The third-order valence-corrected chi connectivity index (χ3v) is 3.38. The molecule has 0 unspecified atom stereocenters. The number of rotatable bonds is 6. The minimum absolute atomic E-state index is 0.243. The fraction of sp³-hybridized carbons (Fsp3) is 0.600. The molecule has 0 aliphatic rings. The molecule has 0 bridgehead atoms. The predicted molar refractivity (Wildman–Crippen MR) is 76.8 cm³/mol. The minimum atomic E-state index is 0.243. The van der Waals surface area contributed by atoms with Gasteiger partial charge in [-0.05, 0) is 44.9 Å². The Kier molecular flexibility index (Phi) is 5.01. The summed E-state index contributed by atoms with van der Waals surface area (Å²) in [5.41, 5.74) is 2.85. The molecule has 0 spiro atoms. The van der Waals surface area contributed by atoms with Crippen molar-refractivity contribution in [2.45, 2.75) is 39.7 Å².